The molecule has 0 N–H and O–H groups in total. The summed E-state index contributed by atoms with van der Waals surface area (Å²) in [6.45, 7) is 5.66. The molecule has 7 nitrogen and oxygen atoms in total. The van der Waals surface area contributed by atoms with Crippen molar-refractivity contribution in [3.05, 3.63) is 48.0 Å². The fourth-order valence-corrected chi connectivity index (χ4v) is 5.20. The summed E-state index contributed by atoms with van der Waals surface area (Å²) in [5.74, 6) is 0.221. The first-order valence-electron chi connectivity index (χ1n) is 9.32. The minimum atomic E-state index is -3.63. The summed E-state index contributed by atoms with van der Waals surface area (Å²) in [4.78, 5) is 10.3. The monoisotopic (exact) mass is 406 g/mol. The summed E-state index contributed by atoms with van der Waals surface area (Å²) in [6.07, 6.45) is 1.96. The molecule has 0 bridgehead atoms. The SMILES string of the molecule is CC(C)c1ccc(S(=O)(=O)N2C[C@@H]3OCCN(c4ncc(F)cn4)[C@H]3C2)cc1. The quantitative estimate of drug-likeness (QED) is 0.773. The predicted octanol–water partition coefficient (Wildman–Crippen LogP) is 2.02. The molecule has 1 aromatic carbocycles. The van der Waals surface area contributed by atoms with Gasteiger partial charge < -0.3 is 9.64 Å². The second-order valence-corrected chi connectivity index (χ2v) is 9.35. The second kappa shape index (κ2) is 7.38. The number of hydrogen-bond acceptors (Lipinski definition) is 6. The maximum absolute atomic E-state index is 13.2. The van der Waals surface area contributed by atoms with Crippen molar-refractivity contribution in [2.45, 2.75) is 36.8 Å². The molecule has 0 aliphatic carbocycles. The van der Waals surface area contributed by atoms with E-state index >= 15 is 0 Å². The molecule has 28 heavy (non-hydrogen) atoms. The number of nitrogens with zero attached hydrogens (tertiary/aromatic N) is 4. The van der Waals surface area contributed by atoms with Gasteiger partial charge in [-0.25, -0.2) is 22.8 Å². The Bertz CT molecular complexity index is 935. The maximum atomic E-state index is 13.2. The normalized spacial score (nSPS) is 23.2. The number of morpholine rings is 1. The molecule has 0 unspecified atom stereocenters. The molecule has 4 rings (SSSR count). The molecule has 1 aromatic heterocycles. The number of benzene rings is 1. The zero-order valence-electron chi connectivity index (χ0n) is 15.8. The van der Waals surface area contributed by atoms with Crippen LogP contribution in [0.15, 0.2) is 41.6 Å². The molecule has 150 valence electrons. The van der Waals surface area contributed by atoms with E-state index < -0.39 is 15.8 Å². The number of rotatable bonds is 4. The van der Waals surface area contributed by atoms with Gasteiger partial charge in [-0.1, -0.05) is 26.0 Å². The highest BCUT2D eigenvalue weighted by Gasteiger charge is 2.45. The zero-order valence-corrected chi connectivity index (χ0v) is 16.6. The highest BCUT2D eigenvalue weighted by Crippen LogP contribution is 2.30. The van der Waals surface area contributed by atoms with E-state index in [1.807, 2.05) is 17.0 Å². The maximum Gasteiger partial charge on any atom is 0.243 e. The van der Waals surface area contributed by atoms with Crippen molar-refractivity contribution in [1.29, 1.82) is 0 Å². The smallest absolute Gasteiger partial charge is 0.243 e. The highest BCUT2D eigenvalue weighted by atomic mass is 32.2. The van der Waals surface area contributed by atoms with Gasteiger partial charge in [0.15, 0.2) is 5.82 Å². The molecule has 0 spiro atoms. The Balaban J connectivity index is 1.56. The van der Waals surface area contributed by atoms with Gasteiger partial charge in [0.25, 0.3) is 0 Å². The van der Waals surface area contributed by atoms with Gasteiger partial charge in [-0.3, -0.25) is 0 Å². The Morgan fingerprint density at radius 2 is 1.82 bits per heavy atom. The Kier molecular flexibility index (Phi) is 5.07. The molecule has 2 aromatic rings. The van der Waals surface area contributed by atoms with Gasteiger partial charge in [0, 0.05) is 19.6 Å². The third kappa shape index (κ3) is 3.49. The first-order valence-corrected chi connectivity index (χ1v) is 10.8. The van der Waals surface area contributed by atoms with Crippen LogP contribution in [0, 0.1) is 5.82 Å². The average Bonchev–Trinajstić information content (AvgIpc) is 3.14. The minimum absolute atomic E-state index is 0.205. The first kappa shape index (κ1) is 19.2. The fourth-order valence-electron chi connectivity index (χ4n) is 3.73. The van der Waals surface area contributed by atoms with Crippen molar-refractivity contribution in [3.63, 3.8) is 0 Å². The molecule has 9 heteroatoms. The minimum Gasteiger partial charge on any atom is -0.373 e. The van der Waals surface area contributed by atoms with Crippen molar-refractivity contribution >= 4 is 16.0 Å². The van der Waals surface area contributed by atoms with Crippen molar-refractivity contribution in [3.8, 4) is 0 Å². The summed E-state index contributed by atoms with van der Waals surface area (Å²) in [5, 5.41) is 0. The van der Waals surface area contributed by atoms with Crippen LogP contribution in [0.5, 0.6) is 0 Å². The van der Waals surface area contributed by atoms with Gasteiger partial charge in [0.2, 0.25) is 16.0 Å². The number of fused-ring (bicyclic) bond motifs is 1. The lowest BCUT2D eigenvalue weighted by Crippen LogP contribution is -2.51. The summed E-state index contributed by atoms with van der Waals surface area (Å²) in [6, 6.07) is 6.83. The average molecular weight is 406 g/mol. The third-order valence-electron chi connectivity index (χ3n) is 5.32. The van der Waals surface area contributed by atoms with Crippen LogP contribution in [-0.2, 0) is 14.8 Å². The number of halogens is 1. The van der Waals surface area contributed by atoms with Crippen LogP contribution in [0.2, 0.25) is 0 Å². The van der Waals surface area contributed by atoms with Crippen molar-refractivity contribution in [2.75, 3.05) is 31.1 Å². The van der Waals surface area contributed by atoms with Crippen LogP contribution in [0.25, 0.3) is 0 Å². The summed E-state index contributed by atoms with van der Waals surface area (Å²) in [7, 11) is -3.63. The Hall–Kier alpha value is -2.10. The van der Waals surface area contributed by atoms with E-state index in [4.69, 9.17) is 4.74 Å². The van der Waals surface area contributed by atoms with E-state index in [1.165, 1.54) is 4.31 Å². The van der Waals surface area contributed by atoms with Crippen LogP contribution in [-0.4, -0.2) is 61.1 Å². The standard InChI is InChI=1S/C19H23FN4O3S/c1-13(2)14-3-5-16(6-4-14)28(25,26)23-11-17-18(12-23)27-8-7-24(17)19-21-9-15(20)10-22-19/h3-6,9-10,13,17-18H,7-8,11-12H2,1-2H3/t17-,18-/m0/s1. The highest BCUT2D eigenvalue weighted by molar-refractivity contribution is 7.89. The van der Waals surface area contributed by atoms with Gasteiger partial charge in [-0.15, -0.1) is 0 Å². The zero-order chi connectivity index (χ0) is 19.9. The lowest BCUT2D eigenvalue weighted by atomic mass is 10.0. The number of ether oxygens (including phenoxy) is 1. The van der Waals surface area contributed by atoms with Gasteiger partial charge in [0.05, 0.1) is 36.0 Å². The topological polar surface area (TPSA) is 75.6 Å². The Morgan fingerprint density at radius 3 is 2.46 bits per heavy atom. The van der Waals surface area contributed by atoms with Gasteiger partial charge in [-0.05, 0) is 23.6 Å². The van der Waals surface area contributed by atoms with Gasteiger partial charge in [0.1, 0.15) is 0 Å². The summed E-state index contributed by atoms with van der Waals surface area (Å²) >= 11 is 0. The van der Waals surface area contributed by atoms with E-state index in [2.05, 4.69) is 23.8 Å². The second-order valence-electron chi connectivity index (χ2n) is 7.42. The largest absolute Gasteiger partial charge is 0.373 e. The van der Waals surface area contributed by atoms with E-state index in [9.17, 15) is 12.8 Å². The van der Waals surface area contributed by atoms with Crippen LogP contribution >= 0.6 is 0 Å². The molecule has 2 saturated heterocycles. The van der Waals surface area contributed by atoms with Gasteiger partial charge in [-0.2, -0.15) is 4.31 Å². The third-order valence-corrected chi connectivity index (χ3v) is 7.16. The summed E-state index contributed by atoms with van der Waals surface area (Å²) < 4.78 is 46.7. The van der Waals surface area contributed by atoms with Crippen molar-refractivity contribution in [1.82, 2.24) is 14.3 Å². The van der Waals surface area contributed by atoms with E-state index in [0.29, 0.717) is 25.0 Å². The molecule has 3 heterocycles. The lowest BCUT2D eigenvalue weighted by molar-refractivity contribution is 0.0325. The fraction of sp³-hybridized carbons (Fsp3) is 0.474. The Labute approximate surface area is 164 Å². The summed E-state index contributed by atoms with van der Waals surface area (Å²) in [5.41, 5.74) is 1.09. The molecular formula is C19H23FN4O3S. The Morgan fingerprint density at radius 1 is 1.14 bits per heavy atom. The molecule has 2 aliphatic rings. The van der Waals surface area contributed by atoms with Crippen LogP contribution in [0.1, 0.15) is 25.3 Å². The molecular weight excluding hydrogens is 383 g/mol. The van der Waals surface area contributed by atoms with Crippen LogP contribution < -0.4 is 4.90 Å². The molecule has 0 radical (unpaired) electrons. The van der Waals surface area contributed by atoms with E-state index in [-0.39, 0.29) is 30.1 Å². The number of hydrogen-bond donors (Lipinski definition) is 0. The lowest BCUT2D eigenvalue weighted by Gasteiger charge is -2.36. The predicted molar refractivity (Wildman–Crippen MR) is 102 cm³/mol. The van der Waals surface area contributed by atoms with E-state index in [1.54, 1.807) is 12.1 Å². The van der Waals surface area contributed by atoms with Crippen molar-refractivity contribution < 1.29 is 17.5 Å². The molecule has 2 aliphatic heterocycles. The van der Waals surface area contributed by atoms with E-state index in [0.717, 1.165) is 18.0 Å². The number of aromatic nitrogens is 2. The first-order chi connectivity index (χ1) is 13.4. The van der Waals surface area contributed by atoms with Crippen LogP contribution in [0.4, 0.5) is 10.3 Å². The van der Waals surface area contributed by atoms with Crippen molar-refractivity contribution in [2.24, 2.45) is 0 Å². The van der Waals surface area contributed by atoms with Gasteiger partial charge >= 0.3 is 0 Å². The molecule has 0 saturated carbocycles. The molecule has 0 amide bonds. The van der Waals surface area contributed by atoms with Crippen LogP contribution in [0.3, 0.4) is 0 Å². The molecule has 2 atom stereocenters. The molecule has 2 fully saturated rings. The number of anilines is 1. The number of sulfonamides is 1.